The molecular formula is C13H16N2O3S. The van der Waals surface area contributed by atoms with Crippen LogP contribution in [0.3, 0.4) is 0 Å². The van der Waals surface area contributed by atoms with Crippen LogP contribution in [0, 0.1) is 5.92 Å². The molecule has 0 spiro atoms. The monoisotopic (exact) mass is 280 g/mol. The standard InChI is InChI=1S/C13H16N2O3S/c16-19(17,9-10-5-7-14-8-6-10)13-15-11-3-1-2-4-12(11)18-13/h1-4,10,14H,5-9H2. The molecule has 1 fully saturated rings. The fourth-order valence-corrected chi connectivity index (χ4v) is 3.96. The Balaban J connectivity index is 1.86. The van der Waals surface area contributed by atoms with Gasteiger partial charge in [0.25, 0.3) is 0 Å². The van der Waals surface area contributed by atoms with Gasteiger partial charge >= 0.3 is 5.22 Å². The SMILES string of the molecule is O=S(=O)(CC1CCNCC1)c1nc2ccccc2o1. The lowest BCUT2D eigenvalue weighted by Gasteiger charge is -2.21. The zero-order chi connectivity index (χ0) is 13.3. The molecule has 0 saturated carbocycles. The molecule has 19 heavy (non-hydrogen) atoms. The van der Waals surface area contributed by atoms with Gasteiger partial charge in [0, 0.05) is 0 Å². The van der Waals surface area contributed by atoms with Crippen molar-refractivity contribution in [2.75, 3.05) is 18.8 Å². The largest absolute Gasteiger partial charge is 0.428 e. The number of benzene rings is 1. The summed E-state index contributed by atoms with van der Waals surface area (Å²) in [4.78, 5) is 4.08. The van der Waals surface area contributed by atoms with E-state index in [1.165, 1.54) is 0 Å². The van der Waals surface area contributed by atoms with Crippen LogP contribution >= 0.6 is 0 Å². The molecule has 1 aromatic heterocycles. The second-order valence-electron chi connectivity index (χ2n) is 4.92. The average Bonchev–Trinajstić information content (AvgIpc) is 2.84. The first-order valence-corrected chi connectivity index (χ1v) is 8.09. The molecule has 1 aliphatic rings. The van der Waals surface area contributed by atoms with Gasteiger partial charge in [0.1, 0.15) is 5.52 Å². The van der Waals surface area contributed by atoms with Gasteiger partial charge in [-0.05, 0) is 44.0 Å². The number of aromatic nitrogens is 1. The van der Waals surface area contributed by atoms with Gasteiger partial charge < -0.3 is 9.73 Å². The maximum atomic E-state index is 12.3. The highest BCUT2D eigenvalue weighted by Crippen LogP contribution is 2.23. The second-order valence-corrected chi connectivity index (χ2v) is 6.83. The number of oxazole rings is 1. The van der Waals surface area contributed by atoms with E-state index in [9.17, 15) is 8.42 Å². The van der Waals surface area contributed by atoms with Crippen LogP contribution in [0.4, 0.5) is 0 Å². The third-order valence-corrected chi connectivity index (χ3v) is 5.07. The third kappa shape index (κ3) is 2.64. The highest BCUT2D eigenvalue weighted by atomic mass is 32.2. The van der Waals surface area contributed by atoms with Crippen LogP contribution in [-0.2, 0) is 9.84 Å². The molecule has 0 radical (unpaired) electrons. The van der Waals surface area contributed by atoms with Crippen molar-refractivity contribution in [2.24, 2.45) is 5.92 Å². The van der Waals surface area contributed by atoms with E-state index in [2.05, 4.69) is 10.3 Å². The summed E-state index contributed by atoms with van der Waals surface area (Å²) in [6, 6.07) is 7.10. The molecule has 6 heteroatoms. The molecule has 3 rings (SSSR count). The van der Waals surface area contributed by atoms with Crippen LogP contribution in [0.5, 0.6) is 0 Å². The number of rotatable bonds is 3. The van der Waals surface area contributed by atoms with Crippen molar-refractivity contribution in [3.63, 3.8) is 0 Å². The Morgan fingerprint density at radius 1 is 1.26 bits per heavy atom. The summed E-state index contributed by atoms with van der Waals surface area (Å²) in [5, 5.41) is 3.08. The quantitative estimate of drug-likeness (QED) is 0.924. The lowest BCUT2D eigenvalue weighted by atomic mass is 10.0. The fourth-order valence-electron chi connectivity index (χ4n) is 2.41. The maximum absolute atomic E-state index is 12.3. The van der Waals surface area contributed by atoms with Gasteiger partial charge in [0.15, 0.2) is 5.58 Å². The second kappa shape index (κ2) is 4.94. The molecule has 2 heterocycles. The van der Waals surface area contributed by atoms with Gasteiger partial charge in [-0.3, -0.25) is 0 Å². The Hall–Kier alpha value is -1.40. The van der Waals surface area contributed by atoms with Crippen LogP contribution < -0.4 is 5.32 Å². The zero-order valence-corrected chi connectivity index (χ0v) is 11.3. The molecule has 0 unspecified atom stereocenters. The smallest absolute Gasteiger partial charge is 0.316 e. The van der Waals surface area contributed by atoms with Crippen molar-refractivity contribution >= 4 is 20.9 Å². The number of hydrogen-bond donors (Lipinski definition) is 1. The summed E-state index contributed by atoms with van der Waals surface area (Å²) >= 11 is 0. The minimum absolute atomic E-state index is 0.126. The van der Waals surface area contributed by atoms with Gasteiger partial charge in [0.05, 0.1) is 5.75 Å². The van der Waals surface area contributed by atoms with Crippen molar-refractivity contribution < 1.29 is 12.8 Å². The molecule has 0 bridgehead atoms. The molecular weight excluding hydrogens is 264 g/mol. The molecule has 1 aliphatic heterocycles. The van der Waals surface area contributed by atoms with Crippen LogP contribution in [0.15, 0.2) is 33.9 Å². The fraction of sp³-hybridized carbons (Fsp3) is 0.462. The van der Waals surface area contributed by atoms with Gasteiger partial charge in [-0.25, -0.2) is 8.42 Å². The molecule has 1 aromatic carbocycles. The summed E-state index contributed by atoms with van der Waals surface area (Å²) in [5.41, 5.74) is 1.11. The highest BCUT2D eigenvalue weighted by Gasteiger charge is 2.27. The number of fused-ring (bicyclic) bond motifs is 1. The first-order chi connectivity index (χ1) is 9.15. The number of piperidine rings is 1. The van der Waals surface area contributed by atoms with Crippen molar-refractivity contribution in [1.29, 1.82) is 0 Å². The van der Waals surface area contributed by atoms with E-state index in [0.29, 0.717) is 11.1 Å². The maximum Gasteiger partial charge on any atom is 0.316 e. The van der Waals surface area contributed by atoms with Gasteiger partial charge in [-0.1, -0.05) is 12.1 Å². The number of nitrogens with one attached hydrogen (secondary N) is 1. The van der Waals surface area contributed by atoms with Crippen LogP contribution in [-0.4, -0.2) is 32.2 Å². The van der Waals surface area contributed by atoms with E-state index < -0.39 is 9.84 Å². The van der Waals surface area contributed by atoms with Crippen LogP contribution in [0.2, 0.25) is 0 Å². The molecule has 102 valence electrons. The number of hydrogen-bond acceptors (Lipinski definition) is 5. The van der Waals surface area contributed by atoms with Crippen molar-refractivity contribution in [3.8, 4) is 0 Å². The van der Waals surface area contributed by atoms with Gasteiger partial charge in [-0.2, -0.15) is 4.98 Å². The molecule has 2 aromatic rings. The summed E-state index contributed by atoms with van der Waals surface area (Å²) in [6.45, 7) is 1.77. The highest BCUT2D eigenvalue weighted by molar-refractivity contribution is 7.91. The average molecular weight is 280 g/mol. The Kier molecular flexibility index (Phi) is 3.28. The van der Waals surface area contributed by atoms with Gasteiger partial charge in [-0.15, -0.1) is 0 Å². The predicted octanol–water partition coefficient (Wildman–Crippen LogP) is 1.60. The summed E-state index contributed by atoms with van der Waals surface area (Å²) in [5.74, 6) is 0.322. The Labute approximate surface area is 111 Å². The van der Waals surface area contributed by atoms with Crippen molar-refractivity contribution in [1.82, 2.24) is 10.3 Å². The van der Waals surface area contributed by atoms with Crippen LogP contribution in [0.25, 0.3) is 11.1 Å². The lowest BCUT2D eigenvalue weighted by Crippen LogP contribution is -2.31. The number of sulfone groups is 1. The van der Waals surface area contributed by atoms with E-state index in [4.69, 9.17) is 4.42 Å². The first kappa shape index (κ1) is 12.6. The number of nitrogens with zero attached hydrogens (tertiary/aromatic N) is 1. The van der Waals surface area contributed by atoms with Crippen molar-refractivity contribution in [3.05, 3.63) is 24.3 Å². The molecule has 0 amide bonds. The Bertz CT molecular complexity index is 639. The minimum Gasteiger partial charge on any atom is -0.428 e. The van der Waals surface area contributed by atoms with Crippen LogP contribution in [0.1, 0.15) is 12.8 Å². The van der Waals surface area contributed by atoms with Gasteiger partial charge in [0.2, 0.25) is 9.84 Å². The molecule has 0 aliphatic carbocycles. The van der Waals surface area contributed by atoms with E-state index in [1.807, 2.05) is 6.07 Å². The van der Waals surface area contributed by atoms with E-state index >= 15 is 0 Å². The zero-order valence-electron chi connectivity index (χ0n) is 10.5. The summed E-state index contributed by atoms with van der Waals surface area (Å²) < 4.78 is 29.9. The minimum atomic E-state index is -3.43. The first-order valence-electron chi connectivity index (χ1n) is 6.44. The van der Waals surface area contributed by atoms with E-state index in [-0.39, 0.29) is 16.9 Å². The summed E-state index contributed by atoms with van der Waals surface area (Å²) in [6.07, 6.45) is 1.78. The van der Waals surface area contributed by atoms with Crippen molar-refractivity contribution in [2.45, 2.75) is 18.1 Å². The Morgan fingerprint density at radius 3 is 2.74 bits per heavy atom. The number of para-hydroxylation sites is 2. The third-order valence-electron chi connectivity index (χ3n) is 3.45. The molecule has 1 saturated heterocycles. The summed E-state index contributed by atoms with van der Waals surface area (Å²) in [7, 11) is -3.43. The normalized spacial score (nSPS) is 17.9. The van der Waals surface area contributed by atoms with E-state index in [0.717, 1.165) is 25.9 Å². The topological polar surface area (TPSA) is 72.2 Å². The molecule has 5 nitrogen and oxygen atoms in total. The van der Waals surface area contributed by atoms with E-state index in [1.54, 1.807) is 18.2 Å². The lowest BCUT2D eigenvalue weighted by molar-refractivity contribution is 0.394. The molecule has 1 N–H and O–H groups in total. The molecule has 0 atom stereocenters. The Morgan fingerprint density at radius 2 is 2.00 bits per heavy atom. The predicted molar refractivity (Wildman–Crippen MR) is 71.7 cm³/mol.